The van der Waals surface area contributed by atoms with Gasteiger partial charge in [-0.3, -0.25) is 4.79 Å². The lowest BCUT2D eigenvalue weighted by atomic mass is 10.1. The number of nitrogens with zero attached hydrogens (tertiary/aromatic N) is 1. The van der Waals surface area contributed by atoms with Crippen LogP contribution in [0.3, 0.4) is 0 Å². The molecule has 110 valence electrons. The van der Waals surface area contributed by atoms with Gasteiger partial charge >= 0.3 is 0 Å². The Kier molecular flexibility index (Phi) is 5.24. The topological polar surface area (TPSA) is 67.6 Å². The van der Waals surface area contributed by atoms with Crippen LogP contribution in [0.5, 0.6) is 5.75 Å². The predicted molar refractivity (Wildman–Crippen MR) is 79.9 cm³/mol. The molecule has 1 amide bonds. The largest absolute Gasteiger partial charge is 0.484 e. The lowest BCUT2D eigenvalue weighted by molar-refractivity contribution is -0.119. The summed E-state index contributed by atoms with van der Waals surface area (Å²) in [4.78, 5) is 13.1. The van der Waals surface area contributed by atoms with Crippen LogP contribution in [-0.2, 0) is 4.79 Å². The smallest absolute Gasteiger partial charge is 0.255 e. The third-order valence-electron chi connectivity index (χ3n) is 3.54. The Hall–Kier alpha value is -1.75. The van der Waals surface area contributed by atoms with E-state index in [4.69, 9.17) is 10.5 Å². The second kappa shape index (κ2) is 7.14. The zero-order valence-electron chi connectivity index (χ0n) is 12.0. The summed E-state index contributed by atoms with van der Waals surface area (Å²) in [6.07, 6.45) is 3.53. The second-order valence-corrected chi connectivity index (χ2v) is 5.36. The molecule has 1 atom stereocenters. The molecule has 20 heavy (non-hydrogen) atoms. The number of nitrogens with one attached hydrogen (secondary N) is 1. The van der Waals surface area contributed by atoms with Crippen LogP contribution in [0.2, 0.25) is 0 Å². The minimum Gasteiger partial charge on any atom is -0.484 e. The average Bonchev–Trinajstić information content (AvgIpc) is 2.62. The van der Waals surface area contributed by atoms with Gasteiger partial charge in [0.25, 0.3) is 5.91 Å². The van der Waals surface area contributed by atoms with Gasteiger partial charge in [0.2, 0.25) is 0 Å². The zero-order valence-corrected chi connectivity index (χ0v) is 12.0. The highest BCUT2D eigenvalue weighted by atomic mass is 16.5. The number of anilines is 1. The number of likely N-dealkylation sites (tertiary alicyclic amines) is 1. The van der Waals surface area contributed by atoms with Crippen molar-refractivity contribution >= 4 is 11.6 Å². The molecule has 1 aliphatic heterocycles. The predicted octanol–water partition coefficient (Wildman–Crippen LogP) is 1.45. The molecule has 1 unspecified atom stereocenters. The molecule has 3 N–H and O–H groups in total. The molecule has 2 rings (SSSR count). The van der Waals surface area contributed by atoms with Crippen LogP contribution >= 0.6 is 0 Å². The molecule has 5 heteroatoms. The van der Waals surface area contributed by atoms with E-state index in [0.29, 0.717) is 11.8 Å². The number of nitrogens with two attached hydrogens (primary N) is 1. The number of carbonyl (C=O) groups excluding carboxylic acids is 1. The average molecular weight is 277 g/mol. The fourth-order valence-corrected chi connectivity index (χ4v) is 2.45. The first-order valence-electron chi connectivity index (χ1n) is 7.10. The molecule has 1 heterocycles. The third-order valence-corrected chi connectivity index (χ3v) is 3.54. The van der Waals surface area contributed by atoms with E-state index in [9.17, 15) is 4.79 Å². The number of primary amides is 1. The Morgan fingerprint density at radius 3 is 3.10 bits per heavy atom. The van der Waals surface area contributed by atoms with Crippen molar-refractivity contribution in [2.45, 2.75) is 25.3 Å². The fraction of sp³-hybridized carbons (Fsp3) is 0.533. The van der Waals surface area contributed by atoms with Crippen LogP contribution in [0.1, 0.15) is 19.3 Å². The van der Waals surface area contributed by atoms with Crippen molar-refractivity contribution in [1.82, 2.24) is 4.90 Å². The summed E-state index contributed by atoms with van der Waals surface area (Å²) >= 11 is 0. The van der Waals surface area contributed by atoms with Gasteiger partial charge in [-0.2, -0.15) is 0 Å². The SMILES string of the molecule is CN1CCCC(Nc2cccc(OCC(N)=O)c2)CC1. The molecule has 1 aliphatic rings. The molecule has 1 aromatic rings. The van der Waals surface area contributed by atoms with Crippen LogP contribution in [0, 0.1) is 0 Å². The van der Waals surface area contributed by atoms with Crippen LogP contribution < -0.4 is 15.8 Å². The van der Waals surface area contributed by atoms with Gasteiger partial charge in [0.1, 0.15) is 5.75 Å². The molecule has 1 fully saturated rings. The Labute approximate surface area is 120 Å². The molecule has 0 bridgehead atoms. The third kappa shape index (κ3) is 4.74. The van der Waals surface area contributed by atoms with Crippen molar-refractivity contribution in [3.05, 3.63) is 24.3 Å². The summed E-state index contributed by atoms with van der Waals surface area (Å²) < 4.78 is 5.32. The molecule has 0 saturated carbocycles. The molecular formula is C15H23N3O2. The minimum absolute atomic E-state index is 0.0856. The first-order chi connectivity index (χ1) is 9.63. The molecule has 5 nitrogen and oxygen atoms in total. The number of carbonyl (C=O) groups is 1. The molecule has 0 radical (unpaired) electrons. The van der Waals surface area contributed by atoms with Gasteiger partial charge in [0, 0.05) is 17.8 Å². The van der Waals surface area contributed by atoms with E-state index < -0.39 is 5.91 Å². The Morgan fingerprint density at radius 2 is 2.30 bits per heavy atom. The number of hydrogen-bond donors (Lipinski definition) is 2. The molecule has 1 saturated heterocycles. The van der Waals surface area contributed by atoms with Gasteiger partial charge in [-0.15, -0.1) is 0 Å². The van der Waals surface area contributed by atoms with Crippen LogP contribution in [0.25, 0.3) is 0 Å². The van der Waals surface area contributed by atoms with Gasteiger partial charge in [0.05, 0.1) is 0 Å². The maximum Gasteiger partial charge on any atom is 0.255 e. The number of amides is 1. The Balaban J connectivity index is 1.91. The first-order valence-corrected chi connectivity index (χ1v) is 7.10. The summed E-state index contributed by atoms with van der Waals surface area (Å²) in [7, 11) is 2.17. The lowest BCUT2D eigenvalue weighted by Crippen LogP contribution is -2.23. The monoisotopic (exact) mass is 277 g/mol. The standard InChI is InChI=1S/C15H23N3O2/c1-18-8-3-5-12(7-9-18)17-13-4-2-6-14(10-13)20-11-15(16)19/h2,4,6,10,12,17H,3,5,7-9,11H2,1H3,(H2,16,19). The van der Waals surface area contributed by atoms with Crippen molar-refractivity contribution in [3.63, 3.8) is 0 Å². The summed E-state index contributed by atoms with van der Waals surface area (Å²) in [5.41, 5.74) is 6.10. The van der Waals surface area contributed by atoms with Crippen molar-refractivity contribution < 1.29 is 9.53 Å². The van der Waals surface area contributed by atoms with E-state index in [-0.39, 0.29) is 6.61 Å². The molecule has 1 aromatic carbocycles. The number of ether oxygens (including phenoxy) is 1. The lowest BCUT2D eigenvalue weighted by Gasteiger charge is -2.18. The van der Waals surface area contributed by atoms with Gasteiger partial charge in [-0.25, -0.2) is 0 Å². The van der Waals surface area contributed by atoms with E-state index in [1.807, 2.05) is 24.3 Å². The van der Waals surface area contributed by atoms with E-state index in [0.717, 1.165) is 18.7 Å². The molecule has 0 aliphatic carbocycles. The number of rotatable bonds is 5. The molecule has 0 aromatic heterocycles. The van der Waals surface area contributed by atoms with Gasteiger partial charge in [-0.05, 0) is 51.5 Å². The maximum atomic E-state index is 10.7. The van der Waals surface area contributed by atoms with Gasteiger partial charge in [-0.1, -0.05) is 6.07 Å². The van der Waals surface area contributed by atoms with E-state index in [1.165, 1.54) is 19.4 Å². The highest BCUT2D eigenvalue weighted by Gasteiger charge is 2.14. The summed E-state index contributed by atoms with van der Waals surface area (Å²) in [6, 6.07) is 8.17. The van der Waals surface area contributed by atoms with Crippen LogP contribution in [-0.4, -0.2) is 43.6 Å². The normalized spacial score (nSPS) is 20.1. The maximum absolute atomic E-state index is 10.7. The van der Waals surface area contributed by atoms with E-state index in [2.05, 4.69) is 17.3 Å². The Bertz CT molecular complexity index is 450. The van der Waals surface area contributed by atoms with E-state index in [1.54, 1.807) is 0 Å². The second-order valence-electron chi connectivity index (χ2n) is 5.36. The van der Waals surface area contributed by atoms with Crippen molar-refractivity contribution in [2.24, 2.45) is 5.73 Å². The number of benzene rings is 1. The highest BCUT2D eigenvalue weighted by molar-refractivity contribution is 5.75. The zero-order chi connectivity index (χ0) is 14.4. The van der Waals surface area contributed by atoms with Crippen molar-refractivity contribution in [3.8, 4) is 5.75 Å². The van der Waals surface area contributed by atoms with Crippen molar-refractivity contribution in [1.29, 1.82) is 0 Å². The minimum atomic E-state index is -0.463. The van der Waals surface area contributed by atoms with Crippen LogP contribution in [0.4, 0.5) is 5.69 Å². The van der Waals surface area contributed by atoms with E-state index >= 15 is 0 Å². The van der Waals surface area contributed by atoms with Crippen molar-refractivity contribution in [2.75, 3.05) is 32.1 Å². The quantitative estimate of drug-likeness (QED) is 0.855. The highest BCUT2D eigenvalue weighted by Crippen LogP contribution is 2.21. The fourth-order valence-electron chi connectivity index (χ4n) is 2.45. The molecular weight excluding hydrogens is 254 g/mol. The first kappa shape index (κ1) is 14.7. The van der Waals surface area contributed by atoms with Crippen LogP contribution in [0.15, 0.2) is 24.3 Å². The van der Waals surface area contributed by atoms with Gasteiger partial charge < -0.3 is 20.7 Å². The summed E-state index contributed by atoms with van der Waals surface area (Å²) in [6.45, 7) is 2.20. The molecule has 0 spiro atoms. The number of hydrogen-bond acceptors (Lipinski definition) is 4. The van der Waals surface area contributed by atoms with Gasteiger partial charge in [0.15, 0.2) is 6.61 Å². The Morgan fingerprint density at radius 1 is 1.45 bits per heavy atom. The summed E-state index contributed by atoms with van der Waals surface area (Å²) in [5, 5.41) is 3.55. The summed E-state index contributed by atoms with van der Waals surface area (Å²) in [5.74, 6) is 0.203.